The highest BCUT2D eigenvalue weighted by Crippen LogP contribution is 2.40. The van der Waals surface area contributed by atoms with Crippen molar-refractivity contribution in [1.82, 2.24) is 5.34 Å². The van der Waals surface area contributed by atoms with Crippen molar-refractivity contribution in [1.29, 1.82) is 0 Å². The zero-order valence-electron chi connectivity index (χ0n) is 9.61. The number of hydrogen-bond donors (Lipinski definition) is 3. The fourth-order valence-corrected chi connectivity index (χ4v) is 2.33. The van der Waals surface area contributed by atoms with Crippen LogP contribution in [-0.2, 0) is 21.9 Å². The highest BCUT2D eigenvalue weighted by molar-refractivity contribution is 7.50. The van der Waals surface area contributed by atoms with Crippen molar-refractivity contribution in [2.45, 2.75) is 18.6 Å². The van der Waals surface area contributed by atoms with Crippen LogP contribution in [-0.4, -0.2) is 32.2 Å². The molecule has 0 saturated carbocycles. The second kappa shape index (κ2) is 6.21. The summed E-state index contributed by atoms with van der Waals surface area (Å²) in [7, 11) is -4.35. The van der Waals surface area contributed by atoms with Gasteiger partial charge in [-0.3, -0.25) is 9.36 Å². The van der Waals surface area contributed by atoms with Gasteiger partial charge in [0.1, 0.15) is 0 Å². The highest BCUT2D eigenvalue weighted by Gasteiger charge is 2.28. The van der Waals surface area contributed by atoms with Gasteiger partial charge in [-0.15, -0.1) is 8.96 Å². The Morgan fingerprint density at radius 3 is 2.21 bits per heavy atom. The van der Waals surface area contributed by atoms with Gasteiger partial charge in [0.25, 0.3) is 0 Å². The van der Waals surface area contributed by atoms with Crippen molar-refractivity contribution >= 4 is 13.6 Å². The van der Waals surface area contributed by atoms with E-state index in [1.807, 2.05) is 0 Å². The monoisotopic (exact) mass is 295 g/mol. The average molecular weight is 295 g/mol. The second-order valence-electron chi connectivity index (χ2n) is 3.91. The van der Waals surface area contributed by atoms with Crippen LogP contribution in [0.3, 0.4) is 0 Å². The Labute approximate surface area is 107 Å². The average Bonchev–Trinajstić information content (AvgIpc) is 2.24. The zero-order valence-corrected chi connectivity index (χ0v) is 10.5. The van der Waals surface area contributed by atoms with Crippen LogP contribution in [0.15, 0.2) is 24.3 Å². The maximum Gasteiger partial charge on any atom is 0.329 e. The molecule has 1 rings (SSSR count). The Bertz CT molecular complexity index is 504. The molecular weight excluding hydrogens is 283 g/mol. The van der Waals surface area contributed by atoms with E-state index in [-0.39, 0.29) is 11.1 Å². The van der Waals surface area contributed by atoms with Crippen molar-refractivity contribution in [3.63, 3.8) is 0 Å². The summed E-state index contributed by atoms with van der Waals surface area (Å²) in [6, 6.07) is 3.65. The number of carboxylic acids is 1. The minimum absolute atomic E-state index is 0.156. The number of halogens is 2. The van der Waals surface area contributed by atoms with Crippen molar-refractivity contribution < 1.29 is 33.2 Å². The molecule has 0 heterocycles. The molecule has 9 heteroatoms. The van der Waals surface area contributed by atoms with Crippen molar-refractivity contribution in [3.05, 3.63) is 35.4 Å². The van der Waals surface area contributed by atoms with Gasteiger partial charge < -0.3 is 14.9 Å². The lowest BCUT2D eigenvalue weighted by Gasteiger charge is -2.15. The standard InChI is InChI=1S/C10H12F2NO5P/c11-13(12)9(10(14)15)5-7-3-1-2-4-8(7)6-19(16,17)18/h1-4,9H,5-6H2,(H,14,15)(H2,16,17,18)/t9-/m0/s1. The smallest absolute Gasteiger partial charge is 0.329 e. The van der Waals surface area contributed by atoms with E-state index in [1.54, 1.807) is 0 Å². The Balaban J connectivity index is 3.00. The van der Waals surface area contributed by atoms with Gasteiger partial charge in [-0.1, -0.05) is 24.3 Å². The first kappa shape index (κ1) is 15.7. The molecule has 0 bridgehead atoms. The third-order valence-corrected chi connectivity index (χ3v) is 3.18. The lowest BCUT2D eigenvalue weighted by molar-refractivity contribution is -0.201. The van der Waals surface area contributed by atoms with E-state index in [0.717, 1.165) is 0 Å². The van der Waals surface area contributed by atoms with Gasteiger partial charge in [-0.25, -0.2) is 0 Å². The van der Waals surface area contributed by atoms with E-state index in [4.69, 9.17) is 14.9 Å². The van der Waals surface area contributed by atoms with Crippen LogP contribution in [0.4, 0.5) is 8.96 Å². The van der Waals surface area contributed by atoms with E-state index >= 15 is 0 Å². The molecular formula is C10H12F2NO5P. The Hall–Kier alpha value is -1.34. The summed E-state index contributed by atoms with van der Waals surface area (Å²) < 4.78 is 35.7. The third-order valence-electron chi connectivity index (χ3n) is 2.43. The molecule has 0 radical (unpaired) electrons. The van der Waals surface area contributed by atoms with Gasteiger partial charge >= 0.3 is 13.6 Å². The summed E-state index contributed by atoms with van der Waals surface area (Å²) in [6.45, 7) is 0. The second-order valence-corrected chi connectivity index (χ2v) is 5.55. The fourth-order valence-electron chi connectivity index (χ4n) is 1.58. The Kier molecular flexibility index (Phi) is 5.13. The number of aliphatic carboxylic acids is 1. The summed E-state index contributed by atoms with van der Waals surface area (Å²) in [5, 5.41) is 7.22. The fraction of sp³-hybridized carbons (Fsp3) is 0.300. The minimum atomic E-state index is -4.35. The number of benzene rings is 1. The first-order valence-corrected chi connectivity index (χ1v) is 6.95. The molecule has 0 saturated heterocycles. The van der Waals surface area contributed by atoms with Gasteiger partial charge in [0.15, 0.2) is 6.04 Å². The highest BCUT2D eigenvalue weighted by atomic mass is 31.2. The summed E-state index contributed by atoms with van der Waals surface area (Å²) in [5.74, 6) is -1.71. The third kappa shape index (κ3) is 5.04. The van der Waals surface area contributed by atoms with Crippen LogP contribution in [0.5, 0.6) is 0 Å². The molecule has 0 aliphatic rings. The maximum atomic E-state index is 12.4. The molecule has 0 aliphatic heterocycles. The maximum absolute atomic E-state index is 12.4. The van der Waals surface area contributed by atoms with E-state index in [0.29, 0.717) is 0 Å². The zero-order chi connectivity index (χ0) is 14.6. The Morgan fingerprint density at radius 1 is 1.26 bits per heavy atom. The summed E-state index contributed by atoms with van der Waals surface area (Å²) >= 11 is 0. The van der Waals surface area contributed by atoms with Crippen LogP contribution in [0.1, 0.15) is 11.1 Å². The van der Waals surface area contributed by atoms with E-state index in [9.17, 15) is 18.3 Å². The van der Waals surface area contributed by atoms with Crippen molar-refractivity contribution in [3.8, 4) is 0 Å². The number of nitrogens with zero attached hydrogens (tertiary/aromatic N) is 1. The number of hydrogen-bond acceptors (Lipinski definition) is 3. The van der Waals surface area contributed by atoms with Gasteiger partial charge in [-0.2, -0.15) is 0 Å². The molecule has 0 unspecified atom stereocenters. The predicted octanol–water partition coefficient (Wildman–Crippen LogP) is 1.43. The summed E-state index contributed by atoms with van der Waals surface area (Å²) in [6.07, 6.45) is -1.16. The van der Waals surface area contributed by atoms with Crippen molar-refractivity contribution in [2.75, 3.05) is 0 Å². The number of rotatable bonds is 6. The van der Waals surface area contributed by atoms with Crippen LogP contribution in [0, 0.1) is 0 Å². The van der Waals surface area contributed by atoms with Gasteiger partial charge in [-0.05, 0) is 11.1 Å². The van der Waals surface area contributed by atoms with Crippen LogP contribution >= 0.6 is 7.60 Å². The van der Waals surface area contributed by atoms with Crippen LogP contribution in [0.25, 0.3) is 0 Å². The first-order chi connectivity index (χ1) is 8.70. The van der Waals surface area contributed by atoms with E-state index in [2.05, 4.69) is 0 Å². The molecule has 19 heavy (non-hydrogen) atoms. The SMILES string of the molecule is O=C(O)[C@H](Cc1ccccc1CP(=O)(O)O)N(F)F. The Morgan fingerprint density at radius 2 is 1.79 bits per heavy atom. The molecule has 6 nitrogen and oxygen atoms in total. The summed E-state index contributed by atoms with van der Waals surface area (Å²) in [5.41, 5.74) is 0.322. The molecule has 0 fully saturated rings. The molecule has 0 spiro atoms. The van der Waals surface area contributed by atoms with Crippen LogP contribution < -0.4 is 0 Å². The first-order valence-electron chi connectivity index (χ1n) is 5.15. The predicted molar refractivity (Wildman–Crippen MR) is 61.4 cm³/mol. The molecule has 106 valence electrons. The van der Waals surface area contributed by atoms with Gasteiger partial charge in [0.2, 0.25) is 0 Å². The largest absolute Gasteiger partial charge is 0.480 e. The topological polar surface area (TPSA) is 98.1 Å². The van der Waals surface area contributed by atoms with Gasteiger partial charge in [0.05, 0.1) is 6.16 Å². The quantitative estimate of drug-likeness (QED) is 0.542. The number of carboxylic acid groups (broad SMARTS) is 1. The molecule has 0 aromatic heterocycles. The lowest BCUT2D eigenvalue weighted by atomic mass is 10.0. The minimum Gasteiger partial charge on any atom is -0.480 e. The van der Waals surface area contributed by atoms with E-state index < -0.39 is 37.5 Å². The summed E-state index contributed by atoms with van der Waals surface area (Å²) in [4.78, 5) is 28.4. The molecule has 1 aromatic rings. The molecule has 3 N–H and O–H groups in total. The lowest BCUT2D eigenvalue weighted by Crippen LogP contribution is -2.33. The van der Waals surface area contributed by atoms with Crippen molar-refractivity contribution in [2.24, 2.45) is 0 Å². The molecule has 0 amide bonds. The number of carbonyl (C=O) groups is 1. The molecule has 1 aromatic carbocycles. The van der Waals surface area contributed by atoms with E-state index in [1.165, 1.54) is 24.3 Å². The molecule has 0 aliphatic carbocycles. The van der Waals surface area contributed by atoms with Gasteiger partial charge in [0, 0.05) is 11.8 Å². The molecule has 1 atom stereocenters. The normalized spacial score (nSPS) is 13.5. The van der Waals surface area contributed by atoms with Crippen LogP contribution in [0.2, 0.25) is 0 Å².